The molecule has 0 saturated heterocycles. The third-order valence-electron chi connectivity index (χ3n) is 3.82. The molecule has 19 heavy (non-hydrogen) atoms. The zero-order chi connectivity index (χ0) is 13.5. The average Bonchev–Trinajstić information content (AvgIpc) is 2.78. The van der Waals surface area contributed by atoms with Gasteiger partial charge in [0.2, 0.25) is 0 Å². The second-order valence-electron chi connectivity index (χ2n) is 4.83. The fourth-order valence-electron chi connectivity index (χ4n) is 2.86. The summed E-state index contributed by atoms with van der Waals surface area (Å²) in [5, 5.41) is 11.2. The highest BCUT2D eigenvalue weighted by molar-refractivity contribution is 6.30. The summed E-state index contributed by atoms with van der Waals surface area (Å²) in [6, 6.07) is 15.9. The van der Waals surface area contributed by atoms with Gasteiger partial charge in [-0.15, -0.1) is 0 Å². The Bertz CT molecular complexity index is 670. The van der Waals surface area contributed by atoms with E-state index in [4.69, 9.17) is 23.2 Å². The van der Waals surface area contributed by atoms with E-state index in [2.05, 4.69) is 6.07 Å². The van der Waals surface area contributed by atoms with Gasteiger partial charge in [0.1, 0.15) is 5.41 Å². The van der Waals surface area contributed by atoms with Crippen LogP contribution in [0.5, 0.6) is 0 Å². The minimum absolute atomic E-state index is 0.565. The number of rotatable bonds is 1. The van der Waals surface area contributed by atoms with Crippen LogP contribution < -0.4 is 0 Å². The monoisotopic (exact) mass is 287 g/mol. The zero-order valence-corrected chi connectivity index (χ0v) is 11.7. The predicted molar refractivity (Wildman–Crippen MR) is 77.6 cm³/mol. The minimum Gasteiger partial charge on any atom is -0.197 e. The summed E-state index contributed by atoms with van der Waals surface area (Å²) in [6.45, 7) is 0. The second-order valence-corrected chi connectivity index (χ2v) is 5.70. The molecule has 3 rings (SSSR count). The summed E-state index contributed by atoms with van der Waals surface area (Å²) >= 11 is 12.0. The van der Waals surface area contributed by atoms with Crippen LogP contribution in [0.2, 0.25) is 10.0 Å². The molecular formula is C16H11Cl2N. The van der Waals surface area contributed by atoms with Gasteiger partial charge in [0.05, 0.1) is 6.07 Å². The molecule has 0 bridgehead atoms. The maximum absolute atomic E-state index is 9.74. The van der Waals surface area contributed by atoms with Gasteiger partial charge in [-0.3, -0.25) is 0 Å². The van der Waals surface area contributed by atoms with Crippen LogP contribution >= 0.6 is 23.2 Å². The number of aryl methyl sites for hydroxylation is 1. The van der Waals surface area contributed by atoms with E-state index in [1.807, 2.05) is 42.5 Å². The summed E-state index contributed by atoms with van der Waals surface area (Å²) in [6.07, 6.45) is 1.67. The third-order valence-corrected chi connectivity index (χ3v) is 4.31. The van der Waals surface area contributed by atoms with Crippen LogP contribution in [0.3, 0.4) is 0 Å². The van der Waals surface area contributed by atoms with Crippen molar-refractivity contribution in [3.63, 3.8) is 0 Å². The summed E-state index contributed by atoms with van der Waals surface area (Å²) in [5.74, 6) is 0. The Balaban J connectivity index is 2.18. The normalized spacial score (nSPS) is 20.9. The minimum atomic E-state index is -0.565. The molecule has 0 N–H and O–H groups in total. The summed E-state index contributed by atoms with van der Waals surface area (Å²) in [4.78, 5) is 0. The van der Waals surface area contributed by atoms with E-state index in [0.717, 1.165) is 29.0 Å². The van der Waals surface area contributed by atoms with Gasteiger partial charge in [-0.05, 0) is 53.8 Å². The molecule has 3 heteroatoms. The summed E-state index contributed by atoms with van der Waals surface area (Å²) in [7, 11) is 0. The molecule has 0 amide bonds. The molecule has 0 heterocycles. The van der Waals surface area contributed by atoms with Crippen LogP contribution in [0.25, 0.3) is 0 Å². The van der Waals surface area contributed by atoms with Crippen molar-refractivity contribution in [1.29, 1.82) is 5.26 Å². The Morgan fingerprint density at radius 3 is 2.37 bits per heavy atom. The quantitative estimate of drug-likeness (QED) is 0.743. The molecule has 1 aliphatic rings. The second kappa shape index (κ2) is 4.56. The van der Waals surface area contributed by atoms with Gasteiger partial charge < -0.3 is 0 Å². The van der Waals surface area contributed by atoms with E-state index in [1.54, 1.807) is 0 Å². The molecule has 1 aliphatic carbocycles. The van der Waals surface area contributed by atoms with Gasteiger partial charge in [-0.25, -0.2) is 0 Å². The molecule has 1 atom stereocenters. The lowest BCUT2D eigenvalue weighted by molar-refractivity contribution is 0.648. The lowest BCUT2D eigenvalue weighted by Crippen LogP contribution is -2.22. The van der Waals surface area contributed by atoms with Crippen molar-refractivity contribution < 1.29 is 0 Å². The fourth-order valence-corrected chi connectivity index (χ4v) is 3.18. The first-order valence-electron chi connectivity index (χ1n) is 6.12. The number of halogens is 2. The molecule has 2 aromatic carbocycles. The van der Waals surface area contributed by atoms with E-state index in [1.165, 1.54) is 5.56 Å². The first-order chi connectivity index (χ1) is 9.15. The van der Waals surface area contributed by atoms with E-state index >= 15 is 0 Å². The first-order valence-corrected chi connectivity index (χ1v) is 6.87. The number of benzene rings is 2. The molecule has 1 nitrogen and oxygen atoms in total. The van der Waals surface area contributed by atoms with E-state index in [9.17, 15) is 5.26 Å². The van der Waals surface area contributed by atoms with Crippen LogP contribution in [0.15, 0.2) is 42.5 Å². The highest BCUT2D eigenvalue weighted by atomic mass is 35.5. The lowest BCUT2D eigenvalue weighted by Gasteiger charge is -2.23. The largest absolute Gasteiger partial charge is 0.197 e. The summed E-state index contributed by atoms with van der Waals surface area (Å²) in [5.41, 5.74) is 2.68. The van der Waals surface area contributed by atoms with Crippen molar-refractivity contribution in [1.82, 2.24) is 0 Å². The Labute approximate surface area is 122 Å². The van der Waals surface area contributed by atoms with E-state index < -0.39 is 5.41 Å². The van der Waals surface area contributed by atoms with Gasteiger partial charge in [-0.1, -0.05) is 41.4 Å². The van der Waals surface area contributed by atoms with Crippen LogP contribution in [-0.4, -0.2) is 0 Å². The van der Waals surface area contributed by atoms with Crippen molar-refractivity contribution in [2.75, 3.05) is 0 Å². The Morgan fingerprint density at radius 1 is 1.00 bits per heavy atom. The molecule has 0 radical (unpaired) electrons. The lowest BCUT2D eigenvalue weighted by atomic mass is 9.77. The fraction of sp³-hybridized carbons (Fsp3) is 0.188. The maximum atomic E-state index is 9.74. The molecule has 0 aliphatic heterocycles. The third kappa shape index (κ3) is 1.92. The number of fused-ring (bicyclic) bond motifs is 1. The van der Waals surface area contributed by atoms with Crippen molar-refractivity contribution >= 4 is 23.2 Å². The Morgan fingerprint density at radius 2 is 1.68 bits per heavy atom. The molecular weight excluding hydrogens is 277 g/mol. The summed E-state index contributed by atoms with van der Waals surface area (Å²) < 4.78 is 0. The molecule has 2 aromatic rings. The van der Waals surface area contributed by atoms with Gasteiger partial charge in [0, 0.05) is 10.0 Å². The van der Waals surface area contributed by atoms with Crippen LogP contribution in [0, 0.1) is 11.3 Å². The highest BCUT2D eigenvalue weighted by Gasteiger charge is 2.40. The van der Waals surface area contributed by atoms with E-state index in [0.29, 0.717) is 5.02 Å². The van der Waals surface area contributed by atoms with Crippen molar-refractivity contribution in [3.05, 3.63) is 69.2 Å². The maximum Gasteiger partial charge on any atom is 0.108 e. The van der Waals surface area contributed by atoms with E-state index in [-0.39, 0.29) is 0 Å². The van der Waals surface area contributed by atoms with Gasteiger partial charge in [0.25, 0.3) is 0 Å². The Kier molecular flexibility index (Phi) is 3.01. The molecule has 0 saturated carbocycles. The van der Waals surface area contributed by atoms with Crippen LogP contribution in [-0.2, 0) is 11.8 Å². The first kappa shape index (κ1) is 12.5. The average molecular weight is 288 g/mol. The molecule has 1 unspecified atom stereocenters. The molecule has 94 valence electrons. The highest BCUT2D eigenvalue weighted by Crippen LogP contribution is 2.44. The number of nitriles is 1. The predicted octanol–water partition coefficient (Wildman–Crippen LogP) is 4.75. The SMILES string of the molecule is N#CC1(c2ccc(Cl)cc2)CCc2cc(Cl)ccc21. The topological polar surface area (TPSA) is 23.8 Å². The number of nitrogens with zero attached hydrogens (tertiary/aromatic N) is 1. The molecule has 0 spiro atoms. The van der Waals surface area contributed by atoms with Crippen molar-refractivity contribution in [3.8, 4) is 6.07 Å². The molecule has 0 aromatic heterocycles. The smallest absolute Gasteiger partial charge is 0.108 e. The van der Waals surface area contributed by atoms with Gasteiger partial charge in [0.15, 0.2) is 0 Å². The molecule has 0 fully saturated rings. The van der Waals surface area contributed by atoms with Crippen molar-refractivity contribution in [2.45, 2.75) is 18.3 Å². The zero-order valence-electron chi connectivity index (χ0n) is 10.2. The number of hydrogen-bond donors (Lipinski definition) is 0. The standard InChI is InChI=1S/C16H11Cl2N/c17-13-3-1-12(2-4-13)16(10-19)8-7-11-9-14(18)5-6-15(11)16/h1-6,9H,7-8H2. The number of hydrogen-bond acceptors (Lipinski definition) is 1. The van der Waals surface area contributed by atoms with Crippen LogP contribution in [0.1, 0.15) is 23.1 Å². The van der Waals surface area contributed by atoms with Gasteiger partial charge in [-0.2, -0.15) is 5.26 Å². The Hall–Kier alpha value is -1.49. The van der Waals surface area contributed by atoms with Gasteiger partial charge >= 0.3 is 0 Å². The van der Waals surface area contributed by atoms with Crippen LogP contribution in [0.4, 0.5) is 0 Å². The van der Waals surface area contributed by atoms with Crippen molar-refractivity contribution in [2.24, 2.45) is 0 Å².